The third-order valence-corrected chi connectivity index (χ3v) is 5.79. The summed E-state index contributed by atoms with van der Waals surface area (Å²) in [5.74, 6) is 7.50. The number of hydrogen-bond donors (Lipinski definition) is 3. The molecule has 3 aromatic rings. The lowest BCUT2D eigenvalue weighted by atomic mass is 10.2. The zero-order valence-electron chi connectivity index (χ0n) is 21.0. The summed E-state index contributed by atoms with van der Waals surface area (Å²) in [6.45, 7) is 5.85. The lowest BCUT2D eigenvalue weighted by Gasteiger charge is -2.26. The molecule has 0 unspecified atom stereocenters. The molecule has 2 amide bonds. The van der Waals surface area contributed by atoms with Crippen molar-refractivity contribution in [1.82, 2.24) is 20.2 Å². The van der Waals surface area contributed by atoms with E-state index < -0.39 is 0 Å². The van der Waals surface area contributed by atoms with Crippen molar-refractivity contribution in [1.29, 1.82) is 0 Å². The second-order valence-corrected chi connectivity index (χ2v) is 8.48. The molecule has 1 aliphatic heterocycles. The van der Waals surface area contributed by atoms with Crippen molar-refractivity contribution in [2.45, 2.75) is 13.0 Å². The van der Waals surface area contributed by atoms with E-state index in [9.17, 15) is 4.79 Å². The topological polar surface area (TPSA) is 101 Å². The van der Waals surface area contributed by atoms with E-state index in [0.717, 1.165) is 62.7 Å². The number of aromatic nitrogens is 2. The first-order valence-corrected chi connectivity index (χ1v) is 12.3. The van der Waals surface area contributed by atoms with Gasteiger partial charge in [-0.1, -0.05) is 36.1 Å². The number of nitrogens with one attached hydrogen (secondary N) is 3. The van der Waals surface area contributed by atoms with Gasteiger partial charge in [0.15, 0.2) is 0 Å². The third-order valence-electron chi connectivity index (χ3n) is 5.79. The summed E-state index contributed by atoms with van der Waals surface area (Å²) in [7, 11) is 1.61. The highest BCUT2D eigenvalue weighted by Gasteiger charge is 2.09. The van der Waals surface area contributed by atoms with Crippen LogP contribution in [-0.4, -0.2) is 67.4 Å². The Morgan fingerprint density at radius 3 is 2.65 bits per heavy atom. The molecule has 9 heteroatoms. The number of amides is 2. The lowest BCUT2D eigenvalue weighted by Crippen LogP contribution is -2.37. The minimum Gasteiger partial charge on any atom is -0.496 e. The molecule has 9 nitrogen and oxygen atoms in total. The highest BCUT2D eigenvalue weighted by atomic mass is 16.5. The van der Waals surface area contributed by atoms with Gasteiger partial charge in [-0.05, 0) is 37.2 Å². The fourth-order valence-corrected chi connectivity index (χ4v) is 3.83. The Morgan fingerprint density at radius 2 is 1.84 bits per heavy atom. The van der Waals surface area contributed by atoms with Gasteiger partial charge < -0.3 is 25.4 Å². The summed E-state index contributed by atoms with van der Waals surface area (Å²) in [4.78, 5) is 23.5. The molecule has 192 valence electrons. The Kier molecular flexibility index (Phi) is 9.70. The number of ether oxygens (including phenoxy) is 2. The number of nitrogens with zero attached hydrogens (tertiary/aromatic N) is 3. The van der Waals surface area contributed by atoms with Crippen LogP contribution < -0.4 is 20.7 Å². The fourth-order valence-electron chi connectivity index (χ4n) is 3.83. The van der Waals surface area contributed by atoms with E-state index in [1.807, 2.05) is 48.5 Å². The van der Waals surface area contributed by atoms with Gasteiger partial charge in [-0.3, -0.25) is 4.90 Å². The minimum absolute atomic E-state index is 0.308. The first-order valence-electron chi connectivity index (χ1n) is 12.3. The van der Waals surface area contributed by atoms with Crippen LogP contribution in [-0.2, 0) is 11.3 Å². The van der Waals surface area contributed by atoms with Crippen molar-refractivity contribution in [3.63, 3.8) is 0 Å². The molecule has 4 rings (SSSR count). The summed E-state index contributed by atoms with van der Waals surface area (Å²) in [6.07, 6.45) is 4.43. The largest absolute Gasteiger partial charge is 0.496 e. The van der Waals surface area contributed by atoms with Gasteiger partial charge in [0.2, 0.25) is 5.95 Å². The van der Waals surface area contributed by atoms with Gasteiger partial charge in [0.25, 0.3) is 0 Å². The Morgan fingerprint density at radius 1 is 1.05 bits per heavy atom. The molecule has 0 atom stereocenters. The Hall–Kier alpha value is -4.13. The molecule has 0 aliphatic carbocycles. The second kappa shape index (κ2) is 13.8. The van der Waals surface area contributed by atoms with Gasteiger partial charge in [-0.15, -0.1) is 0 Å². The predicted molar refractivity (Wildman–Crippen MR) is 144 cm³/mol. The van der Waals surface area contributed by atoms with E-state index >= 15 is 0 Å². The van der Waals surface area contributed by atoms with Crippen LogP contribution in [0.2, 0.25) is 0 Å². The molecule has 0 bridgehead atoms. The normalized spacial score (nSPS) is 13.2. The van der Waals surface area contributed by atoms with E-state index in [0.29, 0.717) is 23.7 Å². The highest BCUT2D eigenvalue weighted by Crippen LogP contribution is 2.17. The lowest BCUT2D eigenvalue weighted by molar-refractivity contribution is 0.0378. The molecule has 1 aromatic heterocycles. The molecule has 1 aliphatic rings. The standard InChI is InChI=1S/C28H32N6O3/c1-36-26-9-3-2-7-24(26)21-32-28(35)33-25-8-4-6-22(18-25)10-11-23-19-30-27(31-20-23)29-12-5-13-34-14-16-37-17-15-34/h2-4,6-9,18-20H,5,12-17,21H2,1H3,(H,29,30,31)(H2,32,33,35). The zero-order valence-corrected chi connectivity index (χ0v) is 21.0. The molecular weight excluding hydrogens is 468 g/mol. The van der Waals surface area contributed by atoms with Crippen LogP contribution in [0.5, 0.6) is 5.75 Å². The van der Waals surface area contributed by atoms with Gasteiger partial charge in [-0.25, -0.2) is 14.8 Å². The Bertz CT molecular complexity index is 1220. The third kappa shape index (κ3) is 8.49. The minimum atomic E-state index is -0.308. The number of methoxy groups -OCH3 is 1. The van der Waals surface area contributed by atoms with Gasteiger partial charge in [0, 0.05) is 55.4 Å². The van der Waals surface area contributed by atoms with Crippen LogP contribution in [0.4, 0.5) is 16.4 Å². The van der Waals surface area contributed by atoms with Crippen LogP contribution in [0.15, 0.2) is 60.9 Å². The molecule has 3 N–H and O–H groups in total. The number of benzene rings is 2. The average Bonchev–Trinajstić information content (AvgIpc) is 2.94. The summed E-state index contributed by atoms with van der Waals surface area (Å²) in [6, 6.07) is 14.6. The van der Waals surface area contributed by atoms with Crippen LogP contribution >= 0.6 is 0 Å². The van der Waals surface area contributed by atoms with E-state index in [-0.39, 0.29) is 6.03 Å². The monoisotopic (exact) mass is 500 g/mol. The Balaban J connectivity index is 1.23. The number of carbonyl (C=O) groups excluding carboxylic acids is 1. The Labute approximate surface area is 217 Å². The summed E-state index contributed by atoms with van der Waals surface area (Å²) < 4.78 is 10.7. The smallest absolute Gasteiger partial charge is 0.319 e. The summed E-state index contributed by atoms with van der Waals surface area (Å²) in [5, 5.41) is 8.94. The molecule has 2 aromatic carbocycles. The van der Waals surface area contributed by atoms with E-state index in [1.165, 1.54) is 0 Å². The molecule has 0 radical (unpaired) electrons. The van der Waals surface area contributed by atoms with E-state index in [4.69, 9.17) is 9.47 Å². The first kappa shape index (κ1) is 25.9. The highest BCUT2D eigenvalue weighted by molar-refractivity contribution is 5.89. The van der Waals surface area contributed by atoms with Crippen molar-refractivity contribution in [2.75, 3.05) is 57.1 Å². The number of rotatable bonds is 9. The molecule has 37 heavy (non-hydrogen) atoms. The van der Waals surface area contributed by atoms with Crippen molar-refractivity contribution in [3.05, 3.63) is 77.6 Å². The van der Waals surface area contributed by atoms with Gasteiger partial charge in [0.05, 0.1) is 25.9 Å². The first-order chi connectivity index (χ1) is 18.2. The van der Waals surface area contributed by atoms with Gasteiger partial charge in [0.1, 0.15) is 5.75 Å². The van der Waals surface area contributed by atoms with Gasteiger partial charge >= 0.3 is 6.03 Å². The molecule has 1 saturated heterocycles. The fraction of sp³-hybridized carbons (Fsp3) is 0.321. The van der Waals surface area contributed by atoms with Crippen LogP contribution in [0.1, 0.15) is 23.1 Å². The number of para-hydroxylation sites is 1. The predicted octanol–water partition coefficient (Wildman–Crippen LogP) is 3.34. The quantitative estimate of drug-likeness (QED) is 0.306. The number of carbonyl (C=O) groups is 1. The second-order valence-electron chi connectivity index (χ2n) is 8.48. The maximum absolute atomic E-state index is 12.4. The van der Waals surface area contributed by atoms with E-state index in [1.54, 1.807) is 19.5 Å². The molecule has 2 heterocycles. The maximum Gasteiger partial charge on any atom is 0.319 e. The number of hydrogen-bond acceptors (Lipinski definition) is 7. The summed E-state index contributed by atoms with van der Waals surface area (Å²) >= 11 is 0. The van der Waals surface area contributed by atoms with Crippen LogP contribution in [0.3, 0.4) is 0 Å². The molecule has 0 spiro atoms. The van der Waals surface area contributed by atoms with Gasteiger partial charge in [-0.2, -0.15) is 0 Å². The van der Waals surface area contributed by atoms with Crippen LogP contribution in [0.25, 0.3) is 0 Å². The van der Waals surface area contributed by atoms with Crippen molar-refractivity contribution in [3.8, 4) is 17.6 Å². The summed E-state index contributed by atoms with van der Waals surface area (Å²) in [5.41, 5.74) is 3.04. The van der Waals surface area contributed by atoms with Crippen molar-refractivity contribution in [2.24, 2.45) is 0 Å². The molecular formula is C28H32N6O3. The number of anilines is 2. The van der Waals surface area contributed by atoms with Crippen LogP contribution in [0, 0.1) is 11.8 Å². The average molecular weight is 501 g/mol. The van der Waals surface area contributed by atoms with Crippen molar-refractivity contribution >= 4 is 17.7 Å². The van der Waals surface area contributed by atoms with E-state index in [2.05, 4.69) is 42.7 Å². The molecule has 1 fully saturated rings. The number of urea groups is 1. The molecule has 0 saturated carbocycles. The number of morpholine rings is 1. The maximum atomic E-state index is 12.4. The SMILES string of the molecule is COc1ccccc1CNC(=O)Nc1cccc(C#Cc2cnc(NCCCN3CCOCC3)nc2)c1. The zero-order chi connectivity index (χ0) is 25.7. The van der Waals surface area contributed by atoms with Crippen molar-refractivity contribution < 1.29 is 14.3 Å².